The third kappa shape index (κ3) is 4.05. The predicted octanol–water partition coefficient (Wildman–Crippen LogP) is 4.64. The summed E-state index contributed by atoms with van der Waals surface area (Å²) in [6.07, 6.45) is -0.512. The van der Waals surface area contributed by atoms with Crippen molar-refractivity contribution < 1.29 is 4.43 Å². The van der Waals surface area contributed by atoms with Crippen molar-refractivity contribution in [2.75, 3.05) is 0 Å². The van der Waals surface area contributed by atoms with E-state index in [1.165, 1.54) is 0 Å². The zero-order valence-corrected chi connectivity index (χ0v) is 14.0. The summed E-state index contributed by atoms with van der Waals surface area (Å²) >= 11 is 0. The molecule has 0 N–H and O–H groups in total. The van der Waals surface area contributed by atoms with Crippen LogP contribution in [0.25, 0.3) is 11.1 Å². The van der Waals surface area contributed by atoms with Crippen LogP contribution in [0.2, 0.25) is 19.6 Å². The molecule has 0 aliphatic rings. The van der Waals surface area contributed by atoms with Crippen molar-refractivity contribution in [2.45, 2.75) is 25.7 Å². The molecule has 22 heavy (non-hydrogen) atoms. The first kappa shape index (κ1) is 16.0. The SMILES string of the molecule is C[Si](C)(C)OC(C#N)c1ccc(-c2ccc(C#N)cc2)cc1. The van der Waals surface area contributed by atoms with Gasteiger partial charge in [-0.3, -0.25) is 0 Å². The first-order valence-electron chi connectivity index (χ1n) is 7.11. The molecule has 0 spiro atoms. The summed E-state index contributed by atoms with van der Waals surface area (Å²) in [4.78, 5) is 0. The highest BCUT2D eigenvalue weighted by Crippen LogP contribution is 2.25. The molecule has 0 heterocycles. The van der Waals surface area contributed by atoms with Crippen LogP contribution in [0.5, 0.6) is 0 Å². The Kier molecular flexibility index (Phi) is 4.77. The number of nitriles is 2. The molecule has 2 aromatic carbocycles. The second-order valence-corrected chi connectivity index (χ2v) is 10.5. The fourth-order valence-electron chi connectivity index (χ4n) is 2.11. The Bertz CT molecular complexity index is 716. The molecule has 2 aromatic rings. The van der Waals surface area contributed by atoms with E-state index in [0.29, 0.717) is 5.56 Å². The van der Waals surface area contributed by atoms with E-state index in [-0.39, 0.29) is 0 Å². The van der Waals surface area contributed by atoms with E-state index in [2.05, 4.69) is 31.8 Å². The van der Waals surface area contributed by atoms with E-state index in [1.807, 2.05) is 36.4 Å². The minimum absolute atomic E-state index is 0.512. The molecule has 0 aliphatic carbocycles. The van der Waals surface area contributed by atoms with Crippen molar-refractivity contribution in [1.29, 1.82) is 10.5 Å². The van der Waals surface area contributed by atoms with E-state index in [1.54, 1.807) is 12.1 Å². The number of benzene rings is 2. The van der Waals surface area contributed by atoms with E-state index in [9.17, 15) is 5.26 Å². The topological polar surface area (TPSA) is 56.8 Å². The summed E-state index contributed by atoms with van der Waals surface area (Å²) in [5, 5.41) is 18.1. The Morgan fingerprint density at radius 3 is 1.77 bits per heavy atom. The molecular formula is C18H18N2OSi. The molecule has 2 rings (SSSR count). The molecule has 0 aromatic heterocycles. The average Bonchev–Trinajstić information content (AvgIpc) is 2.52. The van der Waals surface area contributed by atoms with Crippen LogP contribution in [-0.2, 0) is 4.43 Å². The normalized spacial score (nSPS) is 12.2. The summed E-state index contributed by atoms with van der Waals surface area (Å²) in [5.41, 5.74) is 3.62. The first-order chi connectivity index (χ1) is 10.4. The highest BCUT2D eigenvalue weighted by atomic mass is 28.4. The second kappa shape index (κ2) is 6.57. The minimum Gasteiger partial charge on any atom is -0.399 e. The van der Waals surface area contributed by atoms with Gasteiger partial charge in [-0.25, -0.2) is 0 Å². The molecule has 0 saturated heterocycles. The van der Waals surface area contributed by atoms with Crippen LogP contribution in [0.3, 0.4) is 0 Å². The fraction of sp³-hybridized carbons (Fsp3) is 0.222. The third-order valence-corrected chi connectivity index (χ3v) is 4.09. The highest BCUT2D eigenvalue weighted by molar-refractivity contribution is 6.69. The Labute approximate surface area is 132 Å². The molecule has 0 amide bonds. The van der Waals surface area contributed by atoms with Crippen LogP contribution in [0, 0.1) is 22.7 Å². The van der Waals surface area contributed by atoms with E-state index < -0.39 is 14.4 Å². The maximum atomic E-state index is 9.30. The zero-order valence-electron chi connectivity index (χ0n) is 13.0. The highest BCUT2D eigenvalue weighted by Gasteiger charge is 2.22. The Morgan fingerprint density at radius 2 is 1.36 bits per heavy atom. The van der Waals surface area contributed by atoms with Gasteiger partial charge in [-0.2, -0.15) is 10.5 Å². The van der Waals surface area contributed by atoms with Gasteiger partial charge in [0.1, 0.15) is 0 Å². The summed E-state index contributed by atoms with van der Waals surface area (Å²) in [6, 6.07) is 19.6. The maximum absolute atomic E-state index is 9.30. The lowest BCUT2D eigenvalue weighted by Gasteiger charge is -2.22. The van der Waals surface area contributed by atoms with E-state index in [0.717, 1.165) is 16.7 Å². The minimum atomic E-state index is -1.77. The van der Waals surface area contributed by atoms with Crippen LogP contribution < -0.4 is 0 Å². The molecule has 0 radical (unpaired) electrons. The van der Waals surface area contributed by atoms with E-state index >= 15 is 0 Å². The van der Waals surface area contributed by atoms with Crippen molar-refractivity contribution in [2.24, 2.45) is 0 Å². The lowest BCUT2D eigenvalue weighted by Crippen LogP contribution is -2.27. The lowest BCUT2D eigenvalue weighted by atomic mass is 10.0. The number of rotatable bonds is 4. The summed E-state index contributed by atoms with van der Waals surface area (Å²) in [6.45, 7) is 6.22. The molecule has 0 saturated carbocycles. The Hall–Kier alpha value is -2.40. The fourth-order valence-corrected chi connectivity index (χ4v) is 3.01. The van der Waals surface area contributed by atoms with Crippen molar-refractivity contribution in [1.82, 2.24) is 0 Å². The van der Waals surface area contributed by atoms with Gasteiger partial charge < -0.3 is 4.43 Å². The quantitative estimate of drug-likeness (QED) is 0.773. The summed E-state index contributed by atoms with van der Waals surface area (Å²) in [7, 11) is -1.77. The average molecular weight is 306 g/mol. The molecule has 1 atom stereocenters. The third-order valence-electron chi connectivity index (χ3n) is 3.15. The van der Waals surface area contributed by atoms with Crippen LogP contribution >= 0.6 is 0 Å². The van der Waals surface area contributed by atoms with Gasteiger partial charge in [-0.1, -0.05) is 36.4 Å². The van der Waals surface area contributed by atoms with Gasteiger partial charge in [-0.05, 0) is 48.5 Å². The van der Waals surface area contributed by atoms with Crippen molar-refractivity contribution in [3.63, 3.8) is 0 Å². The molecule has 0 aliphatic heterocycles. The van der Waals surface area contributed by atoms with Gasteiger partial charge in [0.05, 0.1) is 17.7 Å². The van der Waals surface area contributed by atoms with Crippen molar-refractivity contribution in [3.8, 4) is 23.3 Å². The molecule has 110 valence electrons. The predicted molar refractivity (Wildman–Crippen MR) is 89.4 cm³/mol. The van der Waals surface area contributed by atoms with E-state index in [4.69, 9.17) is 9.69 Å². The van der Waals surface area contributed by atoms with Crippen LogP contribution in [0.1, 0.15) is 17.2 Å². The smallest absolute Gasteiger partial charge is 0.186 e. The molecular weight excluding hydrogens is 288 g/mol. The van der Waals surface area contributed by atoms with Crippen LogP contribution in [0.4, 0.5) is 0 Å². The number of hydrogen-bond acceptors (Lipinski definition) is 3. The molecule has 4 heteroatoms. The van der Waals surface area contributed by atoms with Crippen molar-refractivity contribution >= 4 is 8.32 Å². The van der Waals surface area contributed by atoms with Gasteiger partial charge in [-0.15, -0.1) is 0 Å². The Morgan fingerprint density at radius 1 is 0.864 bits per heavy atom. The van der Waals surface area contributed by atoms with Gasteiger partial charge in [0.15, 0.2) is 14.4 Å². The van der Waals surface area contributed by atoms with Gasteiger partial charge in [0, 0.05) is 0 Å². The molecule has 0 fully saturated rings. The zero-order chi connectivity index (χ0) is 16.2. The largest absolute Gasteiger partial charge is 0.399 e. The molecule has 0 bridgehead atoms. The van der Waals surface area contributed by atoms with Crippen LogP contribution in [-0.4, -0.2) is 8.32 Å². The van der Waals surface area contributed by atoms with Gasteiger partial charge in [0.2, 0.25) is 0 Å². The first-order valence-corrected chi connectivity index (χ1v) is 10.5. The lowest BCUT2D eigenvalue weighted by molar-refractivity contribution is 0.255. The number of nitrogens with zero attached hydrogens (tertiary/aromatic N) is 2. The second-order valence-electron chi connectivity index (χ2n) is 6.05. The summed E-state index contributed by atoms with van der Waals surface area (Å²) < 4.78 is 5.89. The van der Waals surface area contributed by atoms with Gasteiger partial charge >= 0.3 is 0 Å². The molecule has 1 unspecified atom stereocenters. The molecule has 3 nitrogen and oxygen atoms in total. The maximum Gasteiger partial charge on any atom is 0.186 e. The standard InChI is InChI=1S/C18H18N2OSi/c1-22(2,3)21-18(13-20)17-10-8-16(9-11-17)15-6-4-14(12-19)5-7-15/h4-11,18H,1-3H3. The van der Waals surface area contributed by atoms with Crippen LogP contribution in [0.15, 0.2) is 48.5 Å². The Balaban J connectivity index is 2.22. The number of hydrogen-bond donors (Lipinski definition) is 0. The monoisotopic (exact) mass is 306 g/mol. The van der Waals surface area contributed by atoms with Crippen molar-refractivity contribution in [3.05, 3.63) is 59.7 Å². The van der Waals surface area contributed by atoms with Gasteiger partial charge in [0.25, 0.3) is 0 Å². The summed E-state index contributed by atoms with van der Waals surface area (Å²) in [5.74, 6) is 0.